The third-order valence-electron chi connectivity index (χ3n) is 3.45. The highest BCUT2D eigenvalue weighted by Gasteiger charge is 2.16. The van der Waals surface area contributed by atoms with Gasteiger partial charge in [0.1, 0.15) is 0 Å². The summed E-state index contributed by atoms with van der Waals surface area (Å²) in [4.78, 5) is 14.2. The van der Waals surface area contributed by atoms with Crippen molar-refractivity contribution in [1.82, 2.24) is 5.32 Å². The van der Waals surface area contributed by atoms with Crippen molar-refractivity contribution in [3.05, 3.63) is 57.3 Å². The maximum absolute atomic E-state index is 12.3. The van der Waals surface area contributed by atoms with Crippen LogP contribution in [0.15, 0.2) is 36.4 Å². The number of hydrogen-bond acceptors (Lipinski definition) is 3. The van der Waals surface area contributed by atoms with Crippen LogP contribution in [0, 0.1) is 6.92 Å². The zero-order valence-electron chi connectivity index (χ0n) is 12.4. The van der Waals surface area contributed by atoms with Crippen molar-refractivity contribution < 1.29 is 9.90 Å². The molecule has 1 aromatic heterocycles. The molecule has 4 heteroatoms. The lowest BCUT2D eigenvalue weighted by Crippen LogP contribution is -2.38. The molecule has 0 radical (unpaired) electrons. The highest BCUT2D eigenvalue weighted by Crippen LogP contribution is 2.22. The minimum atomic E-state index is -0.257. The van der Waals surface area contributed by atoms with Gasteiger partial charge in [-0.1, -0.05) is 37.3 Å². The third-order valence-corrected chi connectivity index (χ3v) is 4.83. The molecule has 0 saturated carbocycles. The Labute approximate surface area is 129 Å². The zero-order valence-corrected chi connectivity index (χ0v) is 13.2. The van der Waals surface area contributed by atoms with E-state index in [1.165, 1.54) is 16.2 Å². The van der Waals surface area contributed by atoms with E-state index in [1.54, 1.807) is 0 Å². The number of carbonyl (C=O) groups is 1. The van der Waals surface area contributed by atoms with Crippen molar-refractivity contribution in [3.63, 3.8) is 0 Å². The fraction of sp³-hybridized carbons (Fsp3) is 0.353. The molecule has 0 aliphatic rings. The number of thiophene rings is 1. The monoisotopic (exact) mass is 303 g/mol. The molecule has 21 heavy (non-hydrogen) atoms. The van der Waals surface area contributed by atoms with Crippen molar-refractivity contribution in [2.24, 2.45) is 0 Å². The third kappa shape index (κ3) is 4.16. The summed E-state index contributed by atoms with van der Waals surface area (Å²) in [6.07, 6.45) is 1.57. The molecular formula is C17H21NO2S. The van der Waals surface area contributed by atoms with E-state index >= 15 is 0 Å². The molecule has 1 aromatic carbocycles. The summed E-state index contributed by atoms with van der Waals surface area (Å²) in [7, 11) is 0. The normalized spacial score (nSPS) is 12.1. The number of amides is 1. The number of aliphatic hydroxyl groups excluding tert-OH is 1. The quantitative estimate of drug-likeness (QED) is 0.862. The largest absolute Gasteiger partial charge is 0.394 e. The predicted molar refractivity (Wildman–Crippen MR) is 86.9 cm³/mol. The van der Waals surface area contributed by atoms with Crippen LogP contribution >= 0.6 is 11.3 Å². The molecule has 1 amide bonds. The Morgan fingerprint density at radius 2 is 2.05 bits per heavy atom. The van der Waals surface area contributed by atoms with E-state index < -0.39 is 0 Å². The molecule has 0 bridgehead atoms. The van der Waals surface area contributed by atoms with Crippen LogP contribution in [0.5, 0.6) is 0 Å². The molecule has 2 N–H and O–H groups in total. The molecule has 2 aromatic rings. The van der Waals surface area contributed by atoms with E-state index in [-0.39, 0.29) is 18.6 Å². The van der Waals surface area contributed by atoms with Crippen molar-refractivity contribution in [2.75, 3.05) is 6.61 Å². The summed E-state index contributed by atoms with van der Waals surface area (Å²) >= 11 is 1.53. The number of aryl methyl sites for hydroxylation is 2. The molecule has 0 aliphatic heterocycles. The second kappa shape index (κ2) is 7.38. The number of hydrogen-bond donors (Lipinski definition) is 2. The molecule has 1 heterocycles. The first-order chi connectivity index (χ1) is 10.1. The van der Waals surface area contributed by atoms with E-state index in [4.69, 9.17) is 0 Å². The molecule has 0 fully saturated rings. The molecule has 3 nitrogen and oxygen atoms in total. The molecule has 0 saturated heterocycles. The number of carbonyl (C=O) groups excluding carboxylic acids is 1. The summed E-state index contributed by atoms with van der Waals surface area (Å²) in [6.45, 7) is 4.05. The maximum Gasteiger partial charge on any atom is 0.261 e. The highest BCUT2D eigenvalue weighted by atomic mass is 32.1. The van der Waals surface area contributed by atoms with Crippen LogP contribution in [0.3, 0.4) is 0 Å². The Bertz CT molecular complexity index is 592. The molecule has 112 valence electrons. The summed E-state index contributed by atoms with van der Waals surface area (Å²) in [6, 6.07) is 11.5. The number of aliphatic hydroxyl groups is 1. The van der Waals surface area contributed by atoms with Gasteiger partial charge in [0.15, 0.2) is 0 Å². The highest BCUT2D eigenvalue weighted by molar-refractivity contribution is 7.14. The standard InChI is InChI=1S/C17H21NO2S/c1-3-15-12(2)9-16(21-15)17(20)18-14(11-19)10-13-7-5-4-6-8-13/h4-9,14,19H,3,10-11H2,1-2H3,(H,18,20). The van der Waals surface area contributed by atoms with E-state index in [1.807, 2.05) is 43.3 Å². The maximum atomic E-state index is 12.3. The Balaban J connectivity index is 2.02. The summed E-state index contributed by atoms with van der Waals surface area (Å²) in [5.41, 5.74) is 2.27. The SMILES string of the molecule is CCc1sc(C(=O)NC(CO)Cc2ccccc2)cc1C. The average molecular weight is 303 g/mol. The number of benzene rings is 1. The lowest BCUT2D eigenvalue weighted by atomic mass is 10.1. The average Bonchev–Trinajstić information content (AvgIpc) is 2.88. The van der Waals surface area contributed by atoms with Gasteiger partial charge >= 0.3 is 0 Å². The van der Waals surface area contributed by atoms with Crippen LogP contribution < -0.4 is 5.32 Å². The first kappa shape index (κ1) is 15.7. The van der Waals surface area contributed by atoms with Crippen LogP contribution in [-0.4, -0.2) is 23.7 Å². The number of nitrogens with one attached hydrogen (secondary N) is 1. The first-order valence-electron chi connectivity index (χ1n) is 7.19. The van der Waals surface area contributed by atoms with Crippen molar-refractivity contribution in [3.8, 4) is 0 Å². The van der Waals surface area contributed by atoms with Gasteiger partial charge in [0.05, 0.1) is 17.5 Å². The van der Waals surface area contributed by atoms with E-state index in [2.05, 4.69) is 12.2 Å². The minimum Gasteiger partial charge on any atom is -0.394 e. The molecule has 2 rings (SSSR count). The topological polar surface area (TPSA) is 49.3 Å². The molecule has 0 spiro atoms. The van der Waals surface area contributed by atoms with Crippen molar-refractivity contribution >= 4 is 17.2 Å². The van der Waals surface area contributed by atoms with Gasteiger partial charge < -0.3 is 10.4 Å². The fourth-order valence-corrected chi connectivity index (χ4v) is 3.32. The summed E-state index contributed by atoms with van der Waals surface area (Å²) in [5, 5.41) is 12.4. The predicted octanol–water partition coefficient (Wildman–Crippen LogP) is 2.95. The molecule has 0 aliphatic carbocycles. The van der Waals surface area contributed by atoms with E-state index in [9.17, 15) is 9.90 Å². The molecule has 1 atom stereocenters. The van der Waals surface area contributed by atoms with E-state index in [0.29, 0.717) is 6.42 Å². The van der Waals surface area contributed by atoms with Crippen molar-refractivity contribution in [2.45, 2.75) is 32.7 Å². The minimum absolute atomic E-state index is 0.0639. The fourth-order valence-electron chi connectivity index (χ4n) is 2.30. The lowest BCUT2D eigenvalue weighted by molar-refractivity contribution is 0.0920. The van der Waals surface area contributed by atoms with Crippen LogP contribution in [0.4, 0.5) is 0 Å². The number of rotatable bonds is 6. The Morgan fingerprint density at radius 3 is 2.62 bits per heavy atom. The molecular weight excluding hydrogens is 282 g/mol. The van der Waals surface area contributed by atoms with Crippen LogP contribution in [-0.2, 0) is 12.8 Å². The van der Waals surface area contributed by atoms with Gasteiger partial charge in [-0.2, -0.15) is 0 Å². The molecule has 1 unspecified atom stereocenters. The van der Waals surface area contributed by atoms with Crippen LogP contribution in [0.1, 0.15) is 32.6 Å². The smallest absolute Gasteiger partial charge is 0.261 e. The first-order valence-corrected chi connectivity index (χ1v) is 8.00. The Morgan fingerprint density at radius 1 is 1.33 bits per heavy atom. The van der Waals surface area contributed by atoms with Gasteiger partial charge in [0.2, 0.25) is 0 Å². The van der Waals surface area contributed by atoms with Gasteiger partial charge in [-0.25, -0.2) is 0 Å². The van der Waals surface area contributed by atoms with Crippen LogP contribution in [0.25, 0.3) is 0 Å². The van der Waals surface area contributed by atoms with Gasteiger partial charge in [-0.15, -0.1) is 11.3 Å². The van der Waals surface area contributed by atoms with Gasteiger partial charge in [0, 0.05) is 4.88 Å². The van der Waals surface area contributed by atoms with Crippen LogP contribution in [0.2, 0.25) is 0 Å². The van der Waals surface area contributed by atoms with Gasteiger partial charge in [-0.3, -0.25) is 4.79 Å². The van der Waals surface area contributed by atoms with Crippen molar-refractivity contribution in [1.29, 1.82) is 0 Å². The second-order valence-electron chi connectivity index (χ2n) is 5.11. The Kier molecular flexibility index (Phi) is 5.53. The zero-order chi connectivity index (χ0) is 15.2. The van der Waals surface area contributed by atoms with Gasteiger partial charge in [-0.05, 0) is 37.0 Å². The summed E-state index contributed by atoms with van der Waals surface area (Å²) in [5.74, 6) is -0.0993. The second-order valence-corrected chi connectivity index (χ2v) is 6.25. The van der Waals surface area contributed by atoms with E-state index in [0.717, 1.165) is 22.4 Å². The Hall–Kier alpha value is -1.65. The van der Waals surface area contributed by atoms with Gasteiger partial charge in [0.25, 0.3) is 5.91 Å². The summed E-state index contributed by atoms with van der Waals surface area (Å²) < 4.78 is 0. The lowest BCUT2D eigenvalue weighted by Gasteiger charge is -2.15.